The highest BCUT2D eigenvalue weighted by Gasteiger charge is 2.45. The summed E-state index contributed by atoms with van der Waals surface area (Å²) < 4.78 is 5.92. The molecule has 0 unspecified atom stereocenters. The minimum Gasteiger partial charge on any atom is -0.491 e. The third-order valence-electron chi connectivity index (χ3n) is 5.30. The van der Waals surface area contributed by atoms with Gasteiger partial charge in [0.1, 0.15) is 18.0 Å². The van der Waals surface area contributed by atoms with E-state index < -0.39 is 5.60 Å². The Morgan fingerprint density at radius 3 is 2.22 bits per heavy atom. The van der Waals surface area contributed by atoms with Gasteiger partial charge in [0, 0.05) is 6.54 Å². The van der Waals surface area contributed by atoms with Crippen LogP contribution >= 0.6 is 0 Å². The van der Waals surface area contributed by atoms with Crippen molar-refractivity contribution >= 4 is 0 Å². The van der Waals surface area contributed by atoms with Gasteiger partial charge in [0.15, 0.2) is 0 Å². The third-order valence-corrected chi connectivity index (χ3v) is 5.30. The number of rotatable bonds is 4. The first kappa shape index (κ1) is 14.7. The first-order valence-electron chi connectivity index (χ1n) is 8.46. The lowest BCUT2D eigenvalue weighted by Gasteiger charge is -2.50. The largest absolute Gasteiger partial charge is 0.491 e. The molecule has 2 aromatic rings. The minimum atomic E-state index is -0.686. The van der Waals surface area contributed by atoms with Gasteiger partial charge in [-0.3, -0.25) is 0 Å². The zero-order valence-electron chi connectivity index (χ0n) is 13.3. The summed E-state index contributed by atoms with van der Waals surface area (Å²) >= 11 is 0. The number of aliphatic hydroxyl groups is 1. The van der Waals surface area contributed by atoms with Gasteiger partial charge in [0.2, 0.25) is 0 Å². The Morgan fingerprint density at radius 1 is 0.957 bits per heavy atom. The van der Waals surface area contributed by atoms with E-state index in [9.17, 15) is 5.11 Å². The Balaban J connectivity index is 1.42. The molecule has 3 heterocycles. The lowest BCUT2D eigenvalue weighted by atomic mass is 9.76. The summed E-state index contributed by atoms with van der Waals surface area (Å²) in [6.07, 6.45) is 2.18. The number of fused-ring (bicyclic) bond motifs is 3. The predicted molar refractivity (Wildman–Crippen MR) is 91.5 cm³/mol. The molecule has 5 rings (SSSR count). The second kappa shape index (κ2) is 5.99. The maximum absolute atomic E-state index is 10.9. The maximum Gasteiger partial charge on any atom is 0.119 e. The molecule has 0 radical (unpaired) electrons. The monoisotopic (exact) mass is 309 g/mol. The molecule has 23 heavy (non-hydrogen) atoms. The highest BCUT2D eigenvalue weighted by atomic mass is 16.5. The van der Waals surface area contributed by atoms with Crippen LogP contribution in [0.3, 0.4) is 0 Å². The van der Waals surface area contributed by atoms with Crippen molar-refractivity contribution < 1.29 is 9.84 Å². The van der Waals surface area contributed by atoms with Gasteiger partial charge in [0.05, 0.1) is 0 Å². The first-order chi connectivity index (χ1) is 11.2. The smallest absolute Gasteiger partial charge is 0.119 e. The van der Waals surface area contributed by atoms with Crippen molar-refractivity contribution in [1.29, 1.82) is 0 Å². The molecule has 1 N–H and O–H groups in total. The summed E-state index contributed by atoms with van der Waals surface area (Å²) in [5, 5.41) is 10.9. The van der Waals surface area contributed by atoms with Crippen LogP contribution in [-0.4, -0.2) is 41.8 Å². The fraction of sp³-hybridized carbons (Fsp3) is 0.400. The van der Waals surface area contributed by atoms with Crippen LogP contribution in [0, 0.1) is 5.92 Å². The lowest BCUT2D eigenvalue weighted by Crippen LogP contribution is -2.61. The zero-order valence-corrected chi connectivity index (χ0v) is 13.3. The molecule has 2 bridgehead atoms. The molecule has 120 valence electrons. The molecule has 3 fully saturated rings. The van der Waals surface area contributed by atoms with Crippen LogP contribution in [0.1, 0.15) is 12.8 Å². The van der Waals surface area contributed by atoms with E-state index in [1.54, 1.807) is 0 Å². The Morgan fingerprint density at radius 2 is 1.61 bits per heavy atom. The van der Waals surface area contributed by atoms with E-state index >= 15 is 0 Å². The summed E-state index contributed by atoms with van der Waals surface area (Å²) in [5.74, 6) is 1.21. The van der Waals surface area contributed by atoms with Gasteiger partial charge < -0.3 is 14.7 Å². The molecule has 0 aromatic heterocycles. The van der Waals surface area contributed by atoms with Crippen molar-refractivity contribution in [3.05, 3.63) is 54.6 Å². The van der Waals surface area contributed by atoms with E-state index in [2.05, 4.69) is 29.2 Å². The number of benzene rings is 2. The van der Waals surface area contributed by atoms with Crippen molar-refractivity contribution in [3.8, 4) is 16.9 Å². The van der Waals surface area contributed by atoms with Gasteiger partial charge in [-0.25, -0.2) is 0 Å². The van der Waals surface area contributed by atoms with E-state index in [4.69, 9.17) is 4.74 Å². The molecule has 0 amide bonds. The van der Waals surface area contributed by atoms with Crippen LogP contribution in [0.5, 0.6) is 5.75 Å². The molecular weight excluding hydrogens is 286 g/mol. The Kier molecular flexibility index (Phi) is 3.83. The first-order valence-corrected chi connectivity index (χ1v) is 8.46. The van der Waals surface area contributed by atoms with Crippen LogP contribution in [-0.2, 0) is 0 Å². The van der Waals surface area contributed by atoms with Crippen molar-refractivity contribution in [3.63, 3.8) is 0 Å². The van der Waals surface area contributed by atoms with Gasteiger partial charge >= 0.3 is 0 Å². The fourth-order valence-corrected chi connectivity index (χ4v) is 3.89. The summed E-state index contributed by atoms with van der Waals surface area (Å²) in [7, 11) is 0. The van der Waals surface area contributed by atoms with Crippen LogP contribution in [0.4, 0.5) is 0 Å². The molecule has 3 saturated heterocycles. The van der Waals surface area contributed by atoms with Crippen molar-refractivity contribution in [2.24, 2.45) is 5.92 Å². The van der Waals surface area contributed by atoms with Gasteiger partial charge in [-0.1, -0.05) is 42.5 Å². The van der Waals surface area contributed by atoms with E-state index in [1.165, 1.54) is 11.1 Å². The molecule has 3 aliphatic rings. The van der Waals surface area contributed by atoms with Gasteiger partial charge in [-0.05, 0) is 55.1 Å². The summed E-state index contributed by atoms with van der Waals surface area (Å²) in [6.45, 7) is 3.39. The molecule has 2 aromatic carbocycles. The lowest BCUT2D eigenvalue weighted by molar-refractivity contribution is -0.131. The molecule has 0 aliphatic carbocycles. The zero-order chi connectivity index (χ0) is 15.7. The summed E-state index contributed by atoms with van der Waals surface area (Å²) in [4.78, 5) is 2.35. The predicted octanol–water partition coefficient (Wildman–Crippen LogP) is 3.19. The highest BCUT2D eigenvalue weighted by molar-refractivity contribution is 5.63. The average Bonchev–Trinajstić information content (AvgIpc) is 2.62. The van der Waals surface area contributed by atoms with Crippen LogP contribution < -0.4 is 4.74 Å². The minimum absolute atomic E-state index is 0.385. The van der Waals surface area contributed by atoms with Gasteiger partial charge in [0.25, 0.3) is 0 Å². The van der Waals surface area contributed by atoms with Crippen LogP contribution in [0.2, 0.25) is 0 Å². The number of nitrogens with zero attached hydrogens (tertiary/aromatic N) is 1. The van der Waals surface area contributed by atoms with E-state index in [1.807, 2.05) is 30.3 Å². The molecule has 3 nitrogen and oxygen atoms in total. The number of piperidine rings is 3. The van der Waals surface area contributed by atoms with Crippen LogP contribution in [0.15, 0.2) is 54.6 Å². The quantitative estimate of drug-likeness (QED) is 0.941. The molecule has 0 saturated carbocycles. The summed E-state index contributed by atoms with van der Waals surface area (Å²) in [6, 6.07) is 18.5. The third kappa shape index (κ3) is 2.99. The maximum atomic E-state index is 10.9. The molecule has 0 spiro atoms. The molecule has 3 aliphatic heterocycles. The highest BCUT2D eigenvalue weighted by Crippen LogP contribution is 2.36. The van der Waals surface area contributed by atoms with E-state index in [0.29, 0.717) is 12.5 Å². The Labute approximate surface area is 137 Å². The molecule has 3 heteroatoms. The Bertz CT molecular complexity index is 647. The van der Waals surface area contributed by atoms with Crippen molar-refractivity contribution in [2.75, 3.05) is 26.2 Å². The van der Waals surface area contributed by atoms with Crippen molar-refractivity contribution in [2.45, 2.75) is 18.4 Å². The van der Waals surface area contributed by atoms with E-state index in [0.717, 1.165) is 38.2 Å². The normalized spacial score (nSPS) is 29.4. The average molecular weight is 309 g/mol. The standard InChI is InChI=1S/C20H23NO2/c22-20(14-21-12-10-18(20)11-13-21)15-23-19-8-6-17(7-9-19)16-4-2-1-3-5-16/h1-9,18,22H,10-15H2/t20-/m1/s1. The second-order valence-corrected chi connectivity index (χ2v) is 6.83. The number of hydrogen-bond donors (Lipinski definition) is 1. The van der Waals surface area contributed by atoms with E-state index in [-0.39, 0.29) is 0 Å². The second-order valence-electron chi connectivity index (χ2n) is 6.83. The van der Waals surface area contributed by atoms with Crippen molar-refractivity contribution in [1.82, 2.24) is 4.90 Å². The number of hydrogen-bond acceptors (Lipinski definition) is 3. The topological polar surface area (TPSA) is 32.7 Å². The SMILES string of the molecule is O[C@@]1(COc2ccc(-c3ccccc3)cc2)CN2CCC1CC2. The molecule has 1 atom stereocenters. The molecular formula is C20H23NO2. The van der Waals surface area contributed by atoms with Crippen LogP contribution in [0.25, 0.3) is 11.1 Å². The fourth-order valence-electron chi connectivity index (χ4n) is 3.89. The van der Waals surface area contributed by atoms with Gasteiger partial charge in [-0.15, -0.1) is 0 Å². The summed E-state index contributed by atoms with van der Waals surface area (Å²) in [5.41, 5.74) is 1.70. The van der Waals surface area contributed by atoms with Gasteiger partial charge in [-0.2, -0.15) is 0 Å². The Hall–Kier alpha value is -1.84. The number of ether oxygens (including phenoxy) is 1.